The van der Waals surface area contributed by atoms with Crippen LogP contribution in [-0.4, -0.2) is 19.2 Å². The van der Waals surface area contributed by atoms with Crippen LogP contribution in [0, 0.1) is 0 Å². The van der Waals surface area contributed by atoms with Gasteiger partial charge in [-0.1, -0.05) is 37.5 Å². The molecule has 0 unspecified atom stereocenters. The van der Waals surface area contributed by atoms with E-state index in [0.717, 1.165) is 6.07 Å². The quantitative estimate of drug-likeness (QED) is 0.797. The Morgan fingerprint density at radius 3 is 2.52 bits per heavy atom. The van der Waals surface area contributed by atoms with Gasteiger partial charge < -0.3 is 10.1 Å². The van der Waals surface area contributed by atoms with Crippen LogP contribution in [0.1, 0.15) is 43.2 Å². The van der Waals surface area contributed by atoms with Gasteiger partial charge in [-0.15, -0.1) is 0 Å². The van der Waals surface area contributed by atoms with Gasteiger partial charge in [0, 0.05) is 12.6 Å². The lowest BCUT2D eigenvalue weighted by Crippen LogP contribution is -2.33. The summed E-state index contributed by atoms with van der Waals surface area (Å²) in [5.41, 5.74) is -0.409. The highest BCUT2D eigenvalue weighted by atomic mass is 19.4. The number of hydrogen-bond donors (Lipinski definition) is 1. The van der Waals surface area contributed by atoms with Crippen molar-refractivity contribution in [2.75, 3.05) is 13.2 Å². The van der Waals surface area contributed by atoms with Gasteiger partial charge in [-0.25, -0.2) is 0 Å². The van der Waals surface area contributed by atoms with Crippen LogP contribution < -0.4 is 5.32 Å². The molecule has 1 fully saturated rings. The molecule has 1 N–H and O–H groups in total. The molecular weight excluding hydrogens is 279 g/mol. The Kier molecular flexibility index (Phi) is 6.06. The van der Waals surface area contributed by atoms with E-state index in [-0.39, 0.29) is 12.2 Å². The zero-order valence-corrected chi connectivity index (χ0v) is 12.1. The fraction of sp³-hybridized carbons (Fsp3) is 0.625. The highest BCUT2D eigenvalue weighted by Crippen LogP contribution is 2.32. The molecule has 1 aliphatic carbocycles. The summed E-state index contributed by atoms with van der Waals surface area (Å²) < 4.78 is 43.8. The van der Waals surface area contributed by atoms with Crippen molar-refractivity contribution in [1.29, 1.82) is 0 Å². The summed E-state index contributed by atoms with van der Waals surface area (Å²) >= 11 is 0. The van der Waals surface area contributed by atoms with Crippen LogP contribution in [0.15, 0.2) is 24.3 Å². The average molecular weight is 301 g/mol. The lowest BCUT2D eigenvalue weighted by Gasteiger charge is -2.22. The Hall–Kier alpha value is -1.07. The molecule has 1 saturated carbocycles. The first-order chi connectivity index (χ1) is 10.1. The largest absolute Gasteiger partial charge is 0.416 e. The first-order valence-electron chi connectivity index (χ1n) is 7.53. The van der Waals surface area contributed by atoms with Gasteiger partial charge in [0.05, 0.1) is 18.8 Å². The van der Waals surface area contributed by atoms with Gasteiger partial charge in [0.25, 0.3) is 0 Å². The van der Waals surface area contributed by atoms with E-state index in [9.17, 15) is 13.2 Å². The Morgan fingerprint density at radius 2 is 1.81 bits per heavy atom. The molecule has 118 valence electrons. The molecule has 1 aliphatic rings. The predicted octanol–water partition coefficient (Wildman–Crippen LogP) is 4.14. The Morgan fingerprint density at radius 1 is 1.10 bits per heavy atom. The first kappa shape index (κ1) is 16.3. The fourth-order valence-electron chi connectivity index (χ4n) is 2.75. The zero-order valence-electron chi connectivity index (χ0n) is 12.1. The first-order valence-corrected chi connectivity index (χ1v) is 7.53. The van der Waals surface area contributed by atoms with Crippen molar-refractivity contribution in [1.82, 2.24) is 5.32 Å². The van der Waals surface area contributed by atoms with Crippen molar-refractivity contribution in [2.24, 2.45) is 0 Å². The SMILES string of the molecule is FC(F)(F)c1ccccc1COCCNC1CCCCC1. The zero-order chi connectivity index (χ0) is 15.1. The van der Waals surface area contributed by atoms with Crippen molar-refractivity contribution < 1.29 is 17.9 Å². The molecule has 0 spiro atoms. The van der Waals surface area contributed by atoms with Gasteiger partial charge >= 0.3 is 6.18 Å². The minimum atomic E-state index is -4.32. The van der Waals surface area contributed by atoms with E-state index in [2.05, 4.69) is 5.32 Å². The minimum Gasteiger partial charge on any atom is -0.375 e. The standard InChI is InChI=1S/C16H22F3NO/c17-16(18,19)15-9-5-4-6-13(15)12-21-11-10-20-14-7-2-1-3-8-14/h4-6,9,14,20H,1-3,7-8,10-12H2. The van der Waals surface area contributed by atoms with Crippen LogP contribution in [0.3, 0.4) is 0 Å². The second-order valence-electron chi connectivity index (χ2n) is 5.50. The topological polar surface area (TPSA) is 21.3 Å². The van der Waals surface area contributed by atoms with E-state index in [1.165, 1.54) is 44.2 Å². The number of hydrogen-bond acceptors (Lipinski definition) is 2. The number of rotatable bonds is 6. The highest BCUT2D eigenvalue weighted by molar-refractivity contribution is 5.28. The maximum Gasteiger partial charge on any atom is 0.416 e. The van der Waals surface area contributed by atoms with Gasteiger partial charge in [0.1, 0.15) is 0 Å². The Bertz CT molecular complexity index is 428. The van der Waals surface area contributed by atoms with Crippen molar-refractivity contribution in [3.63, 3.8) is 0 Å². The van der Waals surface area contributed by atoms with Crippen LogP contribution in [0.25, 0.3) is 0 Å². The van der Waals surface area contributed by atoms with E-state index in [0.29, 0.717) is 19.2 Å². The molecule has 0 saturated heterocycles. The summed E-state index contributed by atoms with van der Waals surface area (Å²) in [6.07, 6.45) is 1.89. The second-order valence-corrected chi connectivity index (χ2v) is 5.50. The van der Waals surface area contributed by atoms with Crippen LogP contribution in [0.2, 0.25) is 0 Å². The van der Waals surface area contributed by atoms with Crippen LogP contribution >= 0.6 is 0 Å². The normalized spacial score (nSPS) is 17.1. The van der Waals surface area contributed by atoms with Gasteiger partial charge in [-0.05, 0) is 24.5 Å². The maximum absolute atomic E-state index is 12.8. The highest BCUT2D eigenvalue weighted by Gasteiger charge is 2.32. The predicted molar refractivity (Wildman–Crippen MR) is 76.0 cm³/mol. The third-order valence-electron chi connectivity index (χ3n) is 3.86. The molecule has 1 aromatic carbocycles. The molecule has 0 atom stereocenters. The third kappa shape index (κ3) is 5.32. The number of ether oxygens (including phenoxy) is 1. The fourth-order valence-corrected chi connectivity index (χ4v) is 2.75. The molecular formula is C16H22F3NO. The number of benzene rings is 1. The molecule has 0 aromatic heterocycles. The van der Waals surface area contributed by atoms with Crippen LogP contribution in [0.5, 0.6) is 0 Å². The van der Waals surface area contributed by atoms with Crippen LogP contribution in [0.4, 0.5) is 13.2 Å². The average Bonchev–Trinajstić information content (AvgIpc) is 2.47. The molecule has 0 radical (unpaired) electrons. The minimum absolute atomic E-state index is 0.00201. The summed E-state index contributed by atoms with van der Waals surface area (Å²) in [7, 11) is 0. The molecule has 0 bridgehead atoms. The summed E-state index contributed by atoms with van der Waals surface area (Å²) in [6, 6.07) is 6.12. The van der Waals surface area contributed by atoms with E-state index < -0.39 is 11.7 Å². The van der Waals surface area contributed by atoms with Gasteiger partial charge in [0.2, 0.25) is 0 Å². The Balaban J connectivity index is 1.71. The molecule has 2 nitrogen and oxygen atoms in total. The molecule has 2 rings (SSSR count). The number of alkyl halides is 3. The lowest BCUT2D eigenvalue weighted by atomic mass is 9.96. The van der Waals surface area contributed by atoms with Crippen molar-refractivity contribution in [3.05, 3.63) is 35.4 Å². The van der Waals surface area contributed by atoms with Gasteiger partial charge in [0.15, 0.2) is 0 Å². The van der Waals surface area contributed by atoms with E-state index in [4.69, 9.17) is 4.74 Å². The third-order valence-corrected chi connectivity index (χ3v) is 3.86. The number of nitrogens with one attached hydrogen (secondary N) is 1. The monoisotopic (exact) mass is 301 g/mol. The molecule has 5 heteroatoms. The van der Waals surface area contributed by atoms with E-state index in [1.807, 2.05) is 0 Å². The molecule has 0 amide bonds. The Labute approximate surface area is 123 Å². The summed E-state index contributed by atoms with van der Waals surface area (Å²) in [4.78, 5) is 0. The van der Waals surface area contributed by atoms with E-state index >= 15 is 0 Å². The van der Waals surface area contributed by atoms with Crippen LogP contribution in [-0.2, 0) is 17.5 Å². The molecule has 21 heavy (non-hydrogen) atoms. The molecule has 1 aromatic rings. The second kappa shape index (κ2) is 7.80. The van der Waals surface area contributed by atoms with E-state index in [1.54, 1.807) is 6.07 Å². The summed E-state index contributed by atoms with van der Waals surface area (Å²) in [6.45, 7) is 1.13. The van der Waals surface area contributed by atoms with Gasteiger partial charge in [-0.2, -0.15) is 13.2 Å². The van der Waals surface area contributed by atoms with Gasteiger partial charge in [-0.3, -0.25) is 0 Å². The molecule has 0 aliphatic heterocycles. The lowest BCUT2D eigenvalue weighted by molar-refractivity contribution is -0.138. The van der Waals surface area contributed by atoms with Crippen molar-refractivity contribution in [2.45, 2.75) is 50.9 Å². The molecule has 0 heterocycles. The summed E-state index contributed by atoms with van der Waals surface area (Å²) in [5.74, 6) is 0. The smallest absolute Gasteiger partial charge is 0.375 e. The maximum atomic E-state index is 12.8. The van der Waals surface area contributed by atoms with Crippen molar-refractivity contribution in [3.8, 4) is 0 Å². The summed E-state index contributed by atoms with van der Waals surface area (Å²) in [5, 5.41) is 3.41. The van der Waals surface area contributed by atoms with Crippen molar-refractivity contribution >= 4 is 0 Å². The number of halogens is 3.